The Morgan fingerprint density at radius 1 is 1.26 bits per heavy atom. The Morgan fingerprint density at radius 3 is 2.87 bits per heavy atom. The molecule has 0 saturated heterocycles. The summed E-state index contributed by atoms with van der Waals surface area (Å²) in [6.07, 6.45) is 3.08. The highest BCUT2D eigenvalue weighted by molar-refractivity contribution is 6.31. The molecule has 0 aliphatic heterocycles. The fourth-order valence-electron chi connectivity index (χ4n) is 2.12. The number of carbonyl (C=O) groups is 1. The van der Waals surface area contributed by atoms with Gasteiger partial charge in [0.25, 0.3) is 5.91 Å². The molecule has 6 nitrogen and oxygen atoms in total. The Morgan fingerprint density at radius 2 is 2.09 bits per heavy atom. The van der Waals surface area contributed by atoms with Crippen LogP contribution in [0.3, 0.4) is 0 Å². The van der Waals surface area contributed by atoms with Gasteiger partial charge < -0.3 is 16.0 Å². The average Bonchev–Trinajstić information content (AvgIpc) is 3.01. The summed E-state index contributed by atoms with van der Waals surface area (Å²) in [6.45, 7) is 1.90. The number of aryl methyl sites for hydroxylation is 1. The van der Waals surface area contributed by atoms with E-state index in [0.717, 1.165) is 11.1 Å². The van der Waals surface area contributed by atoms with Crippen LogP contribution in [0.5, 0.6) is 0 Å². The quantitative estimate of drug-likeness (QED) is 0.687. The maximum atomic E-state index is 12.3. The standard InChI is InChI=1S/C16H14ClN5O/c1-9-2-3-11(17)5-12(9)22-16(23)14-4-10(7-19-14)13-6-15(18)21-8-20-13/h2-8,19H,1H3,(H,22,23)(H2,18,20,21). The van der Waals surface area contributed by atoms with Gasteiger partial charge in [0.2, 0.25) is 0 Å². The van der Waals surface area contributed by atoms with Crippen molar-refractivity contribution in [2.24, 2.45) is 0 Å². The number of aromatic nitrogens is 3. The minimum atomic E-state index is -0.261. The predicted molar refractivity (Wildman–Crippen MR) is 90.4 cm³/mol. The van der Waals surface area contributed by atoms with Crippen LogP contribution in [0.4, 0.5) is 11.5 Å². The van der Waals surface area contributed by atoms with Crippen molar-refractivity contribution in [3.63, 3.8) is 0 Å². The SMILES string of the molecule is Cc1ccc(Cl)cc1NC(=O)c1cc(-c2cc(N)ncn2)c[nH]1. The largest absolute Gasteiger partial charge is 0.384 e. The van der Waals surface area contributed by atoms with Gasteiger partial charge in [-0.15, -0.1) is 0 Å². The summed E-state index contributed by atoms with van der Waals surface area (Å²) in [5, 5.41) is 3.40. The van der Waals surface area contributed by atoms with Gasteiger partial charge in [-0.1, -0.05) is 17.7 Å². The molecule has 0 radical (unpaired) electrons. The summed E-state index contributed by atoms with van der Waals surface area (Å²) in [5.74, 6) is 0.111. The third-order valence-electron chi connectivity index (χ3n) is 3.36. The van der Waals surface area contributed by atoms with E-state index in [9.17, 15) is 4.79 Å². The first-order chi connectivity index (χ1) is 11.0. The highest BCUT2D eigenvalue weighted by atomic mass is 35.5. The fourth-order valence-corrected chi connectivity index (χ4v) is 2.29. The molecule has 0 bridgehead atoms. The van der Waals surface area contributed by atoms with E-state index in [4.69, 9.17) is 17.3 Å². The van der Waals surface area contributed by atoms with Crippen molar-refractivity contribution in [1.82, 2.24) is 15.0 Å². The van der Waals surface area contributed by atoms with Crippen molar-refractivity contribution in [3.05, 3.63) is 59.1 Å². The summed E-state index contributed by atoms with van der Waals surface area (Å²) in [6, 6.07) is 8.69. The number of nitrogens with one attached hydrogen (secondary N) is 2. The number of halogens is 1. The van der Waals surface area contributed by atoms with Crippen LogP contribution in [-0.2, 0) is 0 Å². The van der Waals surface area contributed by atoms with E-state index < -0.39 is 0 Å². The number of H-pyrrole nitrogens is 1. The van der Waals surface area contributed by atoms with Crippen molar-refractivity contribution in [3.8, 4) is 11.3 Å². The molecule has 0 unspecified atom stereocenters. The number of nitrogen functional groups attached to an aromatic ring is 1. The van der Waals surface area contributed by atoms with Crippen LogP contribution < -0.4 is 11.1 Å². The first-order valence-electron chi connectivity index (χ1n) is 6.87. The number of nitrogens with zero attached hydrogens (tertiary/aromatic N) is 2. The lowest BCUT2D eigenvalue weighted by molar-refractivity contribution is 0.102. The first-order valence-corrected chi connectivity index (χ1v) is 7.24. The number of anilines is 2. The van der Waals surface area contributed by atoms with Gasteiger partial charge in [-0.05, 0) is 30.7 Å². The Labute approximate surface area is 137 Å². The van der Waals surface area contributed by atoms with E-state index >= 15 is 0 Å². The summed E-state index contributed by atoms with van der Waals surface area (Å²) in [5.41, 5.74) is 9.06. The summed E-state index contributed by atoms with van der Waals surface area (Å²) < 4.78 is 0. The van der Waals surface area contributed by atoms with Gasteiger partial charge in [-0.3, -0.25) is 4.79 Å². The van der Waals surface area contributed by atoms with Crippen LogP contribution in [0.1, 0.15) is 16.1 Å². The molecule has 0 atom stereocenters. The van der Waals surface area contributed by atoms with Crippen molar-refractivity contribution in [2.45, 2.75) is 6.92 Å². The molecule has 3 aromatic rings. The van der Waals surface area contributed by atoms with Crippen LogP contribution in [0.15, 0.2) is 42.9 Å². The zero-order valence-corrected chi connectivity index (χ0v) is 13.1. The second kappa shape index (κ2) is 6.10. The van der Waals surface area contributed by atoms with E-state index in [-0.39, 0.29) is 5.91 Å². The molecule has 116 valence electrons. The van der Waals surface area contributed by atoms with Crippen molar-refractivity contribution in [2.75, 3.05) is 11.1 Å². The number of hydrogen-bond donors (Lipinski definition) is 3. The summed E-state index contributed by atoms with van der Waals surface area (Å²) in [7, 11) is 0. The molecule has 0 aliphatic rings. The highest BCUT2D eigenvalue weighted by Gasteiger charge is 2.12. The molecule has 7 heteroatoms. The van der Waals surface area contributed by atoms with Gasteiger partial charge >= 0.3 is 0 Å². The molecule has 23 heavy (non-hydrogen) atoms. The van der Waals surface area contributed by atoms with Gasteiger partial charge in [0, 0.05) is 28.5 Å². The van der Waals surface area contributed by atoms with Crippen LogP contribution in [0.25, 0.3) is 11.3 Å². The Kier molecular flexibility index (Phi) is 3.99. The minimum absolute atomic E-state index is 0.261. The van der Waals surface area contributed by atoms with Crippen LogP contribution >= 0.6 is 11.6 Å². The first kappa shape index (κ1) is 15.1. The monoisotopic (exact) mass is 327 g/mol. The van der Waals surface area contributed by atoms with Gasteiger partial charge in [0.05, 0.1) is 5.69 Å². The van der Waals surface area contributed by atoms with Gasteiger partial charge in [0.1, 0.15) is 17.8 Å². The molecular formula is C16H14ClN5O. The second-order valence-corrected chi connectivity index (χ2v) is 5.48. The molecule has 1 amide bonds. The zero-order chi connectivity index (χ0) is 16.4. The minimum Gasteiger partial charge on any atom is -0.384 e. The van der Waals surface area contributed by atoms with Crippen molar-refractivity contribution in [1.29, 1.82) is 0 Å². The number of hydrogen-bond acceptors (Lipinski definition) is 4. The van der Waals surface area contributed by atoms with Crippen molar-refractivity contribution >= 4 is 29.0 Å². The molecule has 2 aromatic heterocycles. The average molecular weight is 328 g/mol. The predicted octanol–water partition coefficient (Wildman–Crippen LogP) is 3.27. The maximum Gasteiger partial charge on any atom is 0.272 e. The van der Waals surface area contributed by atoms with E-state index in [2.05, 4.69) is 20.3 Å². The van der Waals surface area contributed by atoms with Gasteiger partial charge in [0.15, 0.2) is 0 Å². The lowest BCUT2D eigenvalue weighted by Crippen LogP contribution is -2.13. The third-order valence-corrected chi connectivity index (χ3v) is 3.59. The van der Waals surface area contributed by atoms with E-state index in [1.807, 2.05) is 13.0 Å². The number of nitrogens with two attached hydrogens (primary N) is 1. The molecular weight excluding hydrogens is 314 g/mol. The molecule has 0 saturated carbocycles. The second-order valence-electron chi connectivity index (χ2n) is 5.04. The van der Waals surface area contributed by atoms with E-state index in [0.29, 0.717) is 27.9 Å². The smallest absolute Gasteiger partial charge is 0.272 e. The number of amides is 1. The Balaban J connectivity index is 1.82. The topological polar surface area (TPSA) is 96.7 Å². The molecule has 0 aliphatic carbocycles. The summed E-state index contributed by atoms with van der Waals surface area (Å²) in [4.78, 5) is 23.3. The molecule has 3 rings (SSSR count). The lowest BCUT2D eigenvalue weighted by Gasteiger charge is -2.07. The summed E-state index contributed by atoms with van der Waals surface area (Å²) >= 11 is 5.96. The highest BCUT2D eigenvalue weighted by Crippen LogP contribution is 2.22. The third kappa shape index (κ3) is 3.32. The molecule has 1 aromatic carbocycles. The number of benzene rings is 1. The van der Waals surface area contributed by atoms with Crippen LogP contribution in [-0.4, -0.2) is 20.9 Å². The van der Waals surface area contributed by atoms with E-state index in [1.54, 1.807) is 30.5 Å². The van der Waals surface area contributed by atoms with Crippen LogP contribution in [0, 0.1) is 6.92 Å². The normalized spacial score (nSPS) is 10.5. The lowest BCUT2D eigenvalue weighted by atomic mass is 10.2. The number of carbonyl (C=O) groups excluding carboxylic acids is 1. The van der Waals surface area contributed by atoms with Gasteiger partial charge in [-0.2, -0.15) is 0 Å². The van der Waals surface area contributed by atoms with Crippen LogP contribution in [0.2, 0.25) is 5.02 Å². The number of aromatic amines is 1. The maximum absolute atomic E-state index is 12.3. The molecule has 4 N–H and O–H groups in total. The fraction of sp³-hybridized carbons (Fsp3) is 0.0625. The molecule has 0 fully saturated rings. The van der Waals surface area contributed by atoms with Crippen molar-refractivity contribution < 1.29 is 4.79 Å². The number of rotatable bonds is 3. The Bertz CT molecular complexity index is 874. The Hall–Kier alpha value is -2.86. The zero-order valence-electron chi connectivity index (χ0n) is 12.3. The molecule has 0 spiro atoms. The molecule has 2 heterocycles. The van der Waals surface area contributed by atoms with E-state index in [1.165, 1.54) is 6.33 Å². The van der Waals surface area contributed by atoms with Gasteiger partial charge in [-0.25, -0.2) is 9.97 Å².